The van der Waals surface area contributed by atoms with E-state index in [9.17, 15) is 4.79 Å². The molecule has 0 unspecified atom stereocenters. The van der Waals surface area contributed by atoms with E-state index >= 15 is 0 Å². The third kappa shape index (κ3) is 5.08. The molecule has 0 aliphatic carbocycles. The SMILES string of the molecule is C=CC(=O)NCCCn1ccc2ncnc(Oc3ccc(Oc4ccccc4)cc3)c21. The molecule has 7 heteroatoms. The predicted octanol–water partition coefficient (Wildman–Crippen LogP) is 4.71. The van der Waals surface area contributed by atoms with Gasteiger partial charge in [-0.3, -0.25) is 4.79 Å². The number of hydrogen-bond donors (Lipinski definition) is 1. The minimum absolute atomic E-state index is 0.176. The number of hydrogen-bond acceptors (Lipinski definition) is 5. The third-order valence-electron chi connectivity index (χ3n) is 4.59. The van der Waals surface area contributed by atoms with E-state index in [4.69, 9.17) is 9.47 Å². The predicted molar refractivity (Wildman–Crippen MR) is 118 cm³/mol. The van der Waals surface area contributed by atoms with Gasteiger partial charge in [0.05, 0.1) is 5.52 Å². The Kier molecular flexibility index (Phi) is 6.23. The minimum atomic E-state index is -0.176. The number of benzene rings is 2. The van der Waals surface area contributed by atoms with Crippen molar-refractivity contribution in [2.45, 2.75) is 13.0 Å². The first-order valence-corrected chi connectivity index (χ1v) is 9.94. The lowest BCUT2D eigenvalue weighted by Gasteiger charge is -2.11. The highest BCUT2D eigenvalue weighted by atomic mass is 16.5. The monoisotopic (exact) mass is 414 g/mol. The molecule has 0 atom stereocenters. The molecule has 0 spiro atoms. The van der Waals surface area contributed by atoms with Gasteiger partial charge in [-0.25, -0.2) is 4.98 Å². The summed E-state index contributed by atoms with van der Waals surface area (Å²) in [6.07, 6.45) is 5.45. The van der Waals surface area contributed by atoms with Gasteiger partial charge in [0.25, 0.3) is 0 Å². The fourth-order valence-electron chi connectivity index (χ4n) is 3.11. The molecule has 0 saturated heterocycles. The number of ether oxygens (including phenoxy) is 2. The van der Waals surface area contributed by atoms with Gasteiger partial charge >= 0.3 is 0 Å². The van der Waals surface area contributed by atoms with Crippen molar-refractivity contribution in [2.24, 2.45) is 0 Å². The van der Waals surface area contributed by atoms with Crippen LogP contribution in [0.15, 0.2) is 85.8 Å². The van der Waals surface area contributed by atoms with Gasteiger partial charge < -0.3 is 19.4 Å². The van der Waals surface area contributed by atoms with Crippen LogP contribution in [0.5, 0.6) is 23.1 Å². The molecule has 2 heterocycles. The maximum absolute atomic E-state index is 11.3. The Morgan fingerprint density at radius 1 is 0.968 bits per heavy atom. The maximum Gasteiger partial charge on any atom is 0.247 e. The Balaban J connectivity index is 1.46. The Morgan fingerprint density at radius 3 is 2.42 bits per heavy atom. The molecule has 0 aliphatic rings. The van der Waals surface area contributed by atoms with E-state index in [1.165, 1.54) is 12.4 Å². The lowest BCUT2D eigenvalue weighted by atomic mass is 10.3. The number of aryl methyl sites for hydroxylation is 1. The second kappa shape index (κ2) is 9.58. The summed E-state index contributed by atoms with van der Waals surface area (Å²) in [5.41, 5.74) is 1.60. The summed E-state index contributed by atoms with van der Waals surface area (Å²) in [6.45, 7) is 4.69. The summed E-state index contributed by atoms with van der Waals surface area (Å²) >= 11 is 0. The molecule has 2 aromatic heterocycles. The van der Waals surface area contributed by atoms with Crippen LogP contribution in [0.1, 0.15) is 6.42 Å². The third-order valence-corrected chi connectivity index (χ3v) is 4.59. The molecule has 0 bridgehead atoms. The van der Waals surface area contributed by atoms with Crippen molar-refractivity contribution >= 4 is 16.9 Å². The average molecular weight is 414 g/mol. The normalized spacial score (nSPS) is 10.6. The van der Waals surface area contributed by atoms with Crippen LogP contribution >= 0.6 is 0 Å². The van der Waals surface area contributed by atoms with Crippen LogP contribution < -0.4 is 14.8 Å². The second-order valence-electron chi connectivity index (χ2n) is 6.76. The van der Waals surface area contributed by atoms with Crippen molar-refractivity contribution in [3.8, 4) is 23.1 Å². The van der Waals surface area contributed by atoms with E-state index in [0.29, 0.717) is 24.7 Å². The Bertz CT molecular complexity index is 1170. The Hall–Kier alpha value is -4.13. The van der Waals surface area contributed by atoms with Crippen LogP contribution in [-0.4, -0.2) is 27.0 Å². The number of amides is 1. The molecule has 0 fully saturated rings. The fourth-order valence-corrected chi connectivity index (χ4v) is 3.11. The molecule has 31 heavy (non-hydrogen) atoms. The molecule has 0 saturated carbocycles. The number of nitrogens with one attached hydrogen (secondary N) is 1. The summed E-state index contributed by atoms with van der Waals surface area (Å²) in [5, 5.41) is 2.78. The largest absolute Gasteiger partial charge is 0.457 e. The van der Waals surface area contributed by atoms with Crippen LogP contribution in [0.4, 0.5) is 0 Å². The van der Waals surface area contributed by atoms with E-state index in [1.807, 2.05) is 71.4 Å². The summed E-state index contributed by atoms with van der Waals surface area (Å²) < 4.78 is 13.9. The van der Waals surface area contributed by atoms with Gasteiger partial charge in [-0.15, -0.1) is 0 Å². The molecule has 0 aliphatic heterocycles. The van der Waals surface area contributed by atoms with E-state index < -0.39 is 0 Å². The average Bonchev–Trinajstić information content (AvgIpc) is 3.22. The van der Waals surface area contributed by atoms with Gasteiger partial charge in [0.2, 0.25) is 11.8 Å². The van der Waals surface area contributed by atoms with Crippen molar-refractivity contribution in [3.63, 3.8) is 0 Å². The van der Waals surface area contributed by atoms with Gasteiger partial charge in [0.15, 0.2) is 0 Å². The Labute approximate surface area is 180 Å². The van der Waals surface area contributed by atoms with E-state index in [2.05, 4.69) is 21.9 Å². The number of carbonyl (C=O) groups excluding carboxylic acids is 1. The zero-order chi connectivity index (χ0) is 21.5. The second-order valence-corrected chi connectivity index (χ2v) is 6.76. The van der Waals surface area contributed by atoms with Crippen molar-refractivity contribution in [2.75, 3.05) is 6.54 Å². The number of carbonyl (C=O) groups is 1. The van der Waals surface area contributed by atoms with Crippen molar-refractivity contribution < 1.29 is 14.3 Å². The van der Waals surface area contributed by atoms with Crippen LogP contribution in [-0.2, 0) is 11.3 Å². The lowest BCUT2D eigenvalue weighted by Crippen LogP contribution is -2.22. The summed E-state index contributed by atoms with van der Waals surface area (Å²) in [5.74, 6) is 2.43. The first-order chi connectivity index (χ1) is 15.2. The first kappa shape index (κ1) is 20.2. The van der Waals surface area contributed by atoms with Gasteiger partial charge in [0.1, 0.15) is 29.1 Å². The number of aromatic nitrogens is 3. The number of rotatable bonds is 9. The summed E-state index contributed by atoms with van der Waals surface area (Å²) in [4.78, 5) is 19.9. The molecule has 4 rings (SSSR count). The molecule has 0 radical (unpaired) electrons. The standard InChI is InChI=1S/C24H22N4O3/c1-2-22(29)25-14-6-15-28-16-13-21-23(28)24(27-17-26-21)31-20-11-9-19(10-12-20)30-18-7-4-3-5-8-18/h2-5,7-13,16-17H,1,6,14-15H2,(H,25,29). The van der Waals surface area contributed by atoms with Crippen LogP contribution in [0.2, 0.25) is 0 Å². The topological polar surface area (TPSA) is 78.3 Å². The van der Waals surface area contributed by atoms with Crippen molar-refractivity contribution in [1.82, 2.24) is 19.9 Å². The molecular weight excluding hydrogens is 392 g/mol. The quantitative estimate of drug-likeness (QED) is 0.317. The Morgan fingerprint density at radius 2 is 1.68 bits per heavy atom. The van der Waals surface area contributed by atoms with Gasteiger partial charge in [0, 0.05) is 19.3 Å². The zero-order valence-corrected chi connectivity index (χ0v) is 16.9. The first-order valence-electron chi connectivity index (χ1n) is 9.94. The van der Waals surface area contributed by atoms with Gasteiger partial charge in [-0.1, -0.05) is 24.8 Å². The molecule has 7 nitrogen and oxygen atoms in total. The van der Waals surface area contributed by atoms with Crippen molar-refractivity contribution in [1.29, 1.82) is 0 Å². The summed E-state index contributed by atoms with van der Waals surface area (Å²) in [6, 6.07) is 18.9. The minimum Gasteiger partial charge on any atom is -0.457 e. The lowest BCUT2D eigenvalue weighted by molar-refractivity contribution is -0.116. The zero-order valence-electron chi connectivity index (χ0n) is 16.9. The van der Waals surface area contributed by atoms with Crippen LogP contribution in [0.25, 0.3) is 11.0 Å². The smallest absolute Gasteiger partial charge is 0.247 e. The molecule has 2 aromatic carbocycles. The van der Waals surface area contributed by atoms with E-state index in [0.717, 1.165) is 29.0 Å². The highest BCUT2D eigenvalue weighted by Gasteiger charge is 2.12. The van der Waals surface area contributed by atoms with E-state index in [-0.39, 0.29) is 5.91 Å². The molecule has 1 N–H and O–H groups in total. The molecule has 156 valence electrons. The number of nitrogens with zero attached hydrogens (tertiary/aromatic N) is 3. The fraction of sp³-hybridized carbons (Fsp3) is 0.125. The maximum atomic E-state index is 11.3. The molecule has 4 aromatic rings. The highest BCUT2D eigenvalue weighted by Crippen LogP contribution is 2.29. The summed E-state index contributed by atoms with van der Waals surface area (Å²) in [7, 11) is 0. The van der Waals surface area contributed by atoms with E-state index in [1.54, 1.807) is 0 Å². The van der Waals surface area contributed by atoms with Gasteiger partial charge in [-0.2, -0.15) is 4.98 Å². The number of para-hydroxylation sites is 1. The highest BCUT2D eigenvalue weighted by molar-refractivity contribution is 5.86. The molecular formula is C24H22N4O3. The molecule has 1 amide bonds. The van der Waals surface area contributed by atoms with Gasteiger partial charge in [-0.05, 0) is 55.0 Å². The van der Waals surface area contributed by atoms with Crippen molar-refractivity contribution in [3.05, 3.63) is 85.8 Å². The van der Waals surface area contributed by atoms with Crippen LogP contribution in [0, 0.1) is 0 Å². The van der Waals surface area contributed by atoms with Crippen LogP contribution in [0.3, 0.4) is 0 Å². The number of fused-ring (bicyclic) bond motifs is 1.